The number of fused-ring (bicyclic) bond motifs is 1. The summed E-state index contributed by atoms with van der Waals surface area (Å²) in [6.45, 7) is 3.16. The number of hydrogen-bond donors (Lipinski definition) is 1. The van der Waals surface area contributed by atoms with E-state index in [9.17, 15) is 19.7 Å². The van der Waals surface area contributed by atoms with Gasteiger partial charge < -0.3 is 10.2 Å². The van der Waals surface area contributed by atoms with Crippen LogP contribution in [0.1, 0.15) is 20.3 Å². The summed E-state index contributed by atoms with van der Waals surface area (Å²) in [6, 6.07) is 3.78. The molecule has 1 atom stereocenters. The van der Waals surface area contributed by atoms with Crippen molar-refractivity contribution in [1.82, 2.24) is 0 Å². The summed E-state index contributed by atoms with van der Waals surface area (Å²) in [5, 5.41) is 13.3. The van der Waals surface area contributed by atoms with Crippen LogP contribution in [-0.4, -0.2) is 22.8 Å². The van der Waals surface area contributed by atoms with E-state index in [-0.39, 0.29) is 30.0 Å². The molecule has 1 N–H and O–H groups in total. The van der Waals surface area contributed by atoms with Crippen molar-refractivity contribution in [3.05, 3.63) is 28.3 Å². The first-order valence-corrected chi connectivity index (χ1v) is 5.78. The molecule has 1 aromatic rings. The quantitative estimate of drug-likeness (QED) is 0.616. The fraction of sp³-hybridized carbons (Fsp3) is 0.333. The van der Waals surface area contributed by atoms with Gasteiger partial charge in [0, 0.05) is 31.5 Å². The van der Waals surface area contributed by atoms with Crippen molar-refractivity contribution in [2.45, 2.75) is 26.3 Å². The third-order valence-corrected chi connectivity index (χ3v) is 2.99. The lowest BCUT2D eigenvalue weighted by atomic mass is 10.1. The Bertz CT molecular complexity index is 570. The van der Waals surface area contributed by atoms with Crippen LogP contribution in [0, 0.1) is 10.1 Å². The lowest BCUT2D eigenvalue weighted by Crippen LogP contribution is -2.37. The average Bonchev–Trinajstić information content (AvgIpc) is 2.41. The largest absolute Gasteiger partial charge is 0.324 e. The van der Waals surface area contributed by atoms with Crippen molar-refractivity contribution >= 4 is 28.9 Å². The van der Waals surface area contributed by atoms with Crippen molar-refractivity contribution in [3.63, 3.8) is 0 Å². The summed E-state index contributed by atoms with van der Waals surface area (Å²) in [6.07, 6.45) is 0.155. The number of hydrogen-bond acceptors (Lipinski definition) is 4. The standard InChI is InChI=1S/C12H13N3O4/c1-7-5-12(17)13-10-6-9(15(18)19)3-4-11(10)14(7)8(2)16/h3-4,6-7H,5H2,1-2H3,(H,13,17)/t7-/m1/s1. The Morgan fingerprint density at radius 1 is 1.53 bits per heavy atom. The van der Waals surface area contributed by atoms with Crippen LogP contribution in [0.3, 0.4) is 0 Å². The highest BCUT2D eigenvalue weighted by atomic mass is 16.6. The van der Waals surface area contributed by atoms with Gasteiger partial charge in [0.1, 0.15) is 0 Å². The molecule has 0 aliphatic carbocycles. The predicted molar refractivity (Wildman–Crippen MR) is 69.0 cm³/mol. The third-order valence-electron chi connectivity index (χ3n) is 2.99. The predicted octanol–water partition coefficient (Wildman–Crippen LogP) is 1.68. The Morgan fingerprint density at radius 3 is 2.79 bits per heavy atom. The summed E-state index contributed by atoms with van der Waals surface area (Å²) in [7, 11) is 0. The molecular weight excluding hydrogens is 250 g/mol. The van der Waals surface area contributed by atoms with Gasteiger partial charge in [-0.15, -0.1) is 0 Å². The Morgan fingerprint density at radius 2 is 2.21 bits per heavy atom. The second kappa shape index (κ2) is 4.68. The topological polar surface area (TPSA) is 92.6 Å². The molecule has 1 aliphatic heterocycles. The van der Waals surface area contributed by atoms with Gasteiger partial charge >= 0.3 is 0 Å². The number of carbonyl (C=O) groups is 2. The van der Waals surface area contributed by atoms with E-state index in [2.05, 4.69) is 5.32 Å². The third kappa shape index (κ3) is 2.40. The minimum atomic E-state index is -0.543. The molecular formula is C12H13N3O4. The fourth-order valence-corrected chi connectivity index (χ4v) is 2.23. The lowest BCUT2D eigenvalue weighted by Gasteiger charge is -2.26. The number of amides is 2. The number of nitrogens with zero attached hydrogens (tertiary/aromatic N) is 2. The molecule has 0 saturated heterocycles. The van der Waals surface area contributed by atoms with Crippen molar-refractivity contribution in [3.8, 4) is 0 Å². The Balaban J connectivity index is 2.57. The van der Waals surface area contributed by atoms with E-state index in [0.29, 0.717) is 11.4 Å². The molecule has 19 heavy (non-hydrogen) atoms. The van der Waals surface area contributed by atoms with Crippen LogP contribution in [0.15, 0.2) is 18.2 Å². The number of nitro benzene ring substituents is 1. The minimum absolute atomic E-state index is 0.128. The zero-order valence-electron chi connectivity index (χ0n) is 10.5. The van der Waals surface area contributed by atoms with Gasteiger partial charge in [0.2, 0.25) is 11.8 Å². The maximum absolute atomic E-state index is 11.7. The second-order valence-electron chi connectivity index (χ2n) is 4.45. The Labute approximate surface area is 109 Å². The Hall–Kier alpha value is -2.44. The molecule has 1 aliphatic rings. The van der Waals surface area contributed by atoms with Crippen LogP contribution in [0.2, 0.25) is 0 Å². The summed E-state index contributed by atoms with van der Waals surface area (Å²) in [4.78, 5) is 35.1. The van der Waals surface area contributed by atoms with E-state index in [1.165, 1.54) is 30.0 Å². The van der Waals surface area contributed by atoms with Crippen molar-refractivity contribution in [2.75, 3.05) is 10.2 Å². The van der Waals surface area contributed by atoms with E-state index in [4.69, 9.17) is 0 Å². The first-order chi connectivity index (χ1) is 8.90. The van der Waals surface area contributed by atoms with Crippen LogP contribution in [-0.2, 0) is 9.59 Å². The maximum atomic E-state index is 11.7. The van der Waals surface area contributed by atoms with Crippen molar-refractivity contribution in [1.29, 1.82) is 0 Å². The molecule has 0 radical (unpaired) electrons. The molecule has 0 unspecified atom stereocenters. The second-order valence-corrected chi connectivity index (χ2v) is 4.45. The van der Waals surface area contributed by atoms with Gasteiger partial charge in [-0.05, 0) is 13.0 Å². The number of nitrogens with one attached hydrogen (secondary N) is 1. The molecule has 7 heteroatoms. The number of nitro groups is 1. The molecule has 0 spiro atoms. The SMILES string of the molecule is CC(=O)N1c2ccc([N+](=O)[O-])cc2NC(=O)C[C@H]1C. The number of non-ortho nitro benzene ring substituents is 1. The van der Waals surface area contributed by atoms with E-state index in [1.807, 2.05) is 0 Å². The van der Waals surface area contributed by atoms with Gasteiger partial charge in [0.25, 0.3) is 5.69 Å². The highest BCUT2D eigenvalue weighted by Gasteiger charge is 2.28. The molecule has 2 amide bonds. The zero-order valence-corrected chi connectivity index (χ0v) is 10.5. The molecule has 0 fully saturated rings. The summed E-state index contributed by atoms with van der Waals surface area (Å²) >= 11 is 0. The zero-order chi connectivity index (χ0) is 14.2. The van der Waals surface area contributed by atoms with Crippen LogP contribution < -0.4 is 10.2 Å². The number of anilines is 2. The van der Waals surface area contributed by atoms with Crippen LogP contribution in [0.5, 0.6) is 0 Å². The van der Waals surface area contributed by atoms with Gasteiger partial charge in [0.15, 0.2) is 0 Å². The number of carbonyl (C=O) groups excluding carboxylic acids is 2. The normalized spacial score (nSPS) is 18.3. The van der Waals surface area contributed by atoms with Crippen LogP contribution in [0.25, 0.3) is 0 Å². The molecule has 0 aromatic heterocycles. The molecule has 0 bridgehead atoms. The summed E-state index contributed by atoms with van der Waals surface area (Å²) in [5.74, 6) is -0.475. The minimum Gasteiger partial charge on any atom is -0.324 e. The van der Waals surface area contributed by atoms with Crippen LogP contribution >= 0.6 is 0 Å². The number of benzene rings is 1. The highest BCUT2D eigenvalue weighted by Crippen LogP contribution is 2.34. The first kappa shape index (κ1) is 13.0. The van der Waals surface area contributed by atoms with E-state index >= 15 is 0 Å². The lowest BCUT2D eigenvalue weighted by molar-refractivity contribution is -0.384. The molecule has 7 nitrogen and oxygen atoms in total. The first-order valence-electron chi connectivity index (χ1n) is 5.78. The van der Waals surface area contributed by atoms with Gasteiger partial charge in [-0.1, -0.05) is 0 Å². The van der Waals surface area contributed by atoms with E-state index in [0.717, 1.165) is 0 Å². The average molecular weight is 263 g/mol. The van der Waals surface area contributed by atoms with Crippen molar-refractivity contribution in [2.24, 2.45) is 0 Å². The molecule has 1 heterocycles. The van der Waals surface area contributed by atoms with E-state index < -0.39 is 4.92 Å². The maximum Gasteiger partial charge on any atom is 0.271 e. The molecule has 100 valence electrons. The summed E-state index contributed by atoms with van der Waals surface area (Å²) < 4.78 is 0. The van der Waals surface area contributed by atoms with Gasteiger partial charge in [0.05, 0.1) is 16.3 Å². The van der Waals surface area contributed by atoms with Crippen LogP contribution in [0.4, 0.5) is 17.1 Å². The fourth-order valence-electron chi connectivity index (χ4n) is 2.23. The smallest absolute Gasteiger partial charge is 0.271 e. The van der Waals surface area contributed by atoms with Gasteiger partial charge in [-0.3, -0.25) is 19.7 Å². The van der Waals surface area contributed by atoms with E-state index in [1.54, 1.807) is 6.92 Å². The molecule has 0 saturated carbocycles. The highest BCUT2D eigenvalue weighted by molar-refractivity contribution is 6.04. The molecule has 2 rings (SSSR count). The van der Waals surface area contributed by atoms with Crippen molar-refractivity contribution < 1.29 is 14.5 Å². The van der Waals surface area contributed by atoms with Gasteiger partial charge in [-0.2, -0.15) is 0 Å². The monoisotopic (exact) mass is 263 g/mol. The molecule has 1 aromatic carbocycles. The van der Waals surface area contributed by atoms with Gasteiger partial charge in [-0.25, -0.2) is 0 Å². The summed E-state index contributed by atoms with van der Waals surface area (Å²) in [5.41, 5.74) is 0.646. The Kier molecular flexibility index (Phi) is 3.20. The number of rotatable bonds is 1.